The van der Waals surface area contributed by atoms with Gasteiger partial charge in [-0.05, 0) is 19.1 Å². The Kier molecular flexibility index (Phi) is 5.44. The van der Waals surface area contributed by atoms with Crippen LogP contribution in [0.3, 0.4) is 0 Å². The summed E-state index contributed by atoms with van der Waals surface area (Å²) in [5.74, 6) is 0.907. The molecule has 28 heavy (non-hydrogen) atoms. The molecular formula is C19H22F3N5O. The average molecular weight is 393 g/mol. The molecule has 2 aromatic rings. The van der Waals surface area contributed by atoms with Gasteiger partial charge in [0.25, 0.3) is 0 Å². The minimum atomic E-state index is -4.42. The highest BCUT2D eigenvalue weighted by atomic mass is 19.4. The van der Waals surface area contributed by atoms with E-state index in [-0.39, 0.29) is 11.9 Å². The van der Waals surface area contributed by atoms with Gasteiger partial charge in [-0.1, -0.05) is 12.1 Å². The first-order chi connectivity index (χ1) is 13.1. The number of benzene rings is 1. The number of halogens is 3. The fourth-order valence-corrected chi connectivity index (χ4v) is 3.09. The lowest BCUT2D eigenvalue weighted by atomic mass is 10.1. The molecule has 0 saturated carbocycles. The van der Waals surface area contributed by atoms with E-state index in [1.807, 2.05) is 4.90 Å². The van der Waals surface area contributed by atoms with Gasteiger partial charge in [-0.15, -0.1) is 0 Å². The first-order valence-electron chi connectivity index (χ1n) is 8.89. The lowest BCUT2D eigenvalue weighted by Crippen LogP contribution is -2.51. The number of anilines is 1. The first-order valence-corrected chi connectivity index (χ1v) is 8.89. The summed E-state index contributed by atoms with van der Waals surface area (Å²) in [6.07, 6.45) is -4.42. The summed E-state index contributed by atoms with van der Waals surface area (Å²) in [6.45, 7) is 4.09. The Labute approximate surface area is 161 Å². The van der Waals surface area contributed by atoms with Crippen LogP contribution in [0.5, 0.6) is 0 Å². The number of nitrogens with zero attached hydrogens (tertiary/aromatic N) is 5. The van der Waals surface area contributed by atoms with Crippen molar-refractivity contribution in [1.29, 1.82) is 0 Å². The Balaban J connectivity index is 1.83. The second-order valence-corrected chi connectivity index (χ2v) is 6.92. The molecule has 150 valence electrons. The van der Waals surface area contributed by atoms with E-state index in [0.717, 1.165) is 12.1 Å². The van der Waals surface area contributed by atoms with Gasteiger partial charge in [0.05, 0.1) is 5.56 Å². The van der Waals surface area contributed by atoms with E-state index in [2.05, 4.69) is 9.97 Å². The van der Waals surface area contributed by atoms with Gasteiger partial charge in [0.1, 0.15) is 5.82 Å². The average Bonchev–Trinajstić information content (AvgIpc) is 2.66. The largest absolute Gasteiger partial charge is 0.416 e. The van der Waals surface area contributed by atoms with Crippen LogP contribution in [0.2, 0.25) is 0 Å². The molecule has 1 saturated heterocycles. The Morgan fingerprint density at radius 3 is 2.36 bits per heavy atom. The summed E-state index contributed by atoms with van der Waals surface area (Å²) in [6, 6.07) is 6.79. The van der Waals surface area contributed by atoms with Crippen molar-refractivity contribution in [3.8, 4) is 11.4 Å². The molecule has 1 aromatic heterocycles. The van der Waals surface area contributed by atoms with Gasteiger partial charge >= 0.3 is 12.2 Å². The molecule has 0 atom stereocenters. The summed E-state index contributed by atoms with van der Waals surface area (Å²) < 4.78 is 39.0. The van der Waals surface area contributed by atoms with E-state index in [4.69, 9.17) is 0 Å². The lowest BCUT2D eigenvalue weighted by Gasteiger charge is -2.36. The topological polar surface area (TPSA) is 52.6 Å². The Bertz CT molecular complexity index is 861. The maximum Gasteiger partial charge on any atom is 0.416 e. The molecular weight excluding hydrogens is 371 g/mol. The summed E-state index contributed by atoms with van der Waals surface area (Å²) in [4.78, 5) is 26.2. The number of carbonyl (C=O) groups is 1. The van der Waals surface area contributed by atoms with Crippen molar-refractivity contribution in [2.75, 3.05) is 45.2 Å². The lowest BCUT2D eigenvalue weighted by molar-refractivity contribution is -0.137. The number of urea groups is 1. The monoisotopic (exact) mass is 393 g/mol. The highest BCUT2D eigenvalue weighted by Crippen LogP contribution is 2.32. The summed E-state index contributed by atoms with van der Waals surface area (Å²) >= 11 is 0. The van der Waals surface area contributed by atoms with Crippen LogP contribution in [0.25, 0.3) is 11.4 Å². The molecule has 0 radical (unpaired) electrons. The fraction of sp³-hybridized carbons (Fsp3) is 0.421. The van der Waals surface area contributed by atoms with Gasteiger partial charge < -0.3 is 14.7 Å². The smallest absolute Gasteiger partial charge is 0.353 e. The SMILES string of the molecule is Cc1cc(N2CCN(C(=O)N(C)C)CC2)nc(-c2cccc(C(F)(F)F)c2)n1. The van der Waals surface area contributed by atoms with Crippen molar-refractivity contribution in [2.45, 2.75) is 13.1 Å². The van der Waals surface area contributed by atoms with Crippen molar-refractivity contribution in [3.63, 3.8) is 0 Å². The maximum atomic E-state index is 13.0. The van der Waals surface area contributed by atoms with Gasteiger partial charge in [-0.25, -0.2) is 14.8 Å². The molecule has 2 heterocycles. The van der Waals surface area contributed by atoms with Gasteiger partial charge in [0.2, 0.25) is 0 Å². The molecule has 0 bridgehead atoms. The van der Waals surface area contributed by atoms with Crippen molar-refractivity contribution < 1.29 is 18.0 Å². The fourth-order valence-electron chi connectivity index (χ4n) is 3.09. The minimum absolute atomic E-state index is 0.0387. The molecule has 0 unspecified atom stereocenters. The molecule has 1 aliphatic rings. The number of aromatic nitrogens is 2. The second-order valence-electron chi connectivity index (χ2n) is 6.92. The predicted octanol–water partition coefficient (Wildman–Crippen LogP) is 3.27. The van der Waals surface area contributed by atoms with Gasteiger partial charge in [-0.2, -0.15) is 13.2 Å². The van der Waals surface area contributed by atoms with E-state index >= 15 is 0 Å². The van der Waals surface area contributed by atoms with E-state index in [9.17, 15) is 18.0 Å². The van der Waals surface area contributed by atoms with E-state index in [1.54, 1.807) is 38.1 Å². The zero-order valence-corrected chi connectivity index (χ0v) is 16.0. The van der Waals surface area contributed by atoms with Crippen LogP contribution in [0, 0.1) is 6.92 Å². The Hall–Kier alpha value is -2.84. The molecule has 2 amide bonds. The maximum absolute atomic E-state index is 13.0. The molecule has 6 nitrogen and oxygen atoms in total. The molecule has 0 spiro atoms. The van der Waals surface area contributed by atoms with Crippen LogP contribution < -0.4 is 4.90 Å². The van der Waals surface area contributed by atoms with Crippen molar-refractivity contribution >= 4 is 11.8 Å². The number of rotatable bonds is 2. The van der Waals surface area contributed by atoms with E-state index in [1.165, 1.54) is 11.0 Å². The van der Waals surface area contributed by atoms with E-state index in [0.29, 0.717) is 43.3 Å². The zero-order chi connectivity index (χ0) is 20.5. The number of piperazine rings is 1. The number of hydrogen-bond donors (Lipinski definition) is 0. The normalized spacial score (nSPS) is 14.9. The van der Waals surface area contributed by atoms with E-state index < -0.39 is 11.7 Å². The van der Waals surface area contributed by atoms with Crippen LogP contribution >= 0.6 is 0 Å². The molecule has 1 aromatic carbocycles. The second kappa shape index (κ2) is 7.65. The molecule has 3 rings (SSSR count). The van der Waals surface area contributed by atoms with Crippen LogP contribution in [0.1, 0.15) is 11.3 Å². The quantitative estimate of drug-likeness (QED) is 0.786. The minimum Gasteiger partial charge on any atom is -0.353 e. The summed E-state index contributed by atoms with van der Waals surface area (Å²) in [5.41, 5.74) is 0.262. The number of aryl methyl sites for hydroxylation is 1. The zero-order valence-electron chi connectivity index (χ0n) is 16.0. The highest BCUT2D eigenvalue weighted by molar-refractivity contribution is 5.74. The molecule has 0 N–H and O–H groups in total. The van der Waals surface area contributed by atoms with Crippen molar-refractivity contribution in [3.05, 3.63) is 41.6 Å². The van der Waals surface area contributed by atoms with Crippen LogP contribution in [-0.4, -0.2) is 66.1 Å². The van der Waals surface area contributed by atoms with Crippen molar-refractivity contribution in [1.82, 2.24) is 19.8 Å². The number of hydrogen-bond acceptors (Lipinski definition) is 4. The molecule has 9 heteroatoms. The van der Waals surface area contributed by atoms with Crippen molar-refractivity contribution in [2.24, 2.45) is 0 Å². The number of amides is 2. The highest BCUT2D eigenvalue weighted by Gasteiger charge is 2.31. The predicted molar refractivity (Wildman–Crippen MR) is 100 cm³/mol. The Morgan fingerprint density at radius 1 is 1.07 bits per heavy atom. The molecule has 1 fully saturated rings. The standard InChI is InChI=1S/C19H22F3N5O/c1-13-11-16(26-7-9-27(10-8-26)18(28)25(2)3)24-17(23-13)14-5-4-6-15(12-14)19(20,21)22/h4-6,11-12H,7-10H2,1-3H3. The van der Waals surface area contributed by atoms with Crippen LogP contribution in [-0.2, 0) is 6.18 Å². The van der Waals surface area contributed by atoms with Crippen LogP contribution in [0.4, 0.5) is 23.8 Å². The molecule has 1 aliphatic heterocycles. The summed E-state index contributed by atoms with van der Waals surface area (Å²) in [5, 5.41) is 0. The Morgan fingerprint density at radius 2 is 1.75 bits per heavy atom. The van der Waals surface area contributed by atoms with Gasteiger partial charge in [-0.3, -0.25) is 0 Å². The number of carbonyl (C=O) groups excluding carboxylic acids is 1. The summed E-state index contributed by atoms with van der Waals surface area (Å²) in [7, 11) is 3.42. The van der Waals surface area contributed by atoms with Gasteiger partial charge in [0.15, 0.2) is 5.82 Å². The molecule has 0 aliphatic carbocycles. The van der Waals surface area contributed by atoms with Gasteiger partial charge in [0, 0.05) is 57.6 Å². The first kappa shape index (κ1) is 19.9. The third-order valence-electron chi connectivity index (χ3n) is 4.55. The third-order valence-corrected chi connectivity index (χ3v) is 4.55. The third kappa shape index (κ3) is 4.35. The van der Waals surface area contributed by atoms with Crippen LogP contribution in [0.15, 0.2) is 30.3 Å². The number of alkyl halides is 3.